The molecule has 1 atom stereocenters. The smallest absolute Gasteiger partial charge is 0.249 e. The van der Waals surface area contributed by atoms with Crippen LogP contribution in [0.3, 0.4) is 0 Å². The van der Waals surface area contributed by atoms with Crippen LogP contribution in [0.1, 0.15) is 49.0 Å². The van der Waals surface area contributed by atoms with Crippen LogP contribution >= 0.6 is 0 Å². The van der Waals surface area contributed by atoms with Gasteiger partial charge in [0, 0.05) is 6.54 Å². The lowest BCUT2D eigenvalue weighted by Crippen LogP contribution is -2.36. The van der Waals surface area contributed by atoms with Gasteiger partial charge in [-0.1, -0.05) is 48.3 Å². The lowest BCUT2D eigenvalue weighted by Gasteiger charge is -2.27. The Kier molecular flexibility index (Phi) is 4.51. The maximum atomic E-state index is 12.7. The molecule has 5 heteroatoms. The Balaban J connectivity index is 1.79. The summed E-state index contributed by atoms with van der Waals surface area (Å²) in [6.45, 7) is 2.57. The molecule has 0 spiro atoms. The first kappa shape index (κ1) is 14.8. The number of carbonyl (C=O) groups excluding carboxylic acids is 1. The normalized spacial score (nSPS) is 19.0. The second-order valence-corrected chi connectivity index (χ2v) is 5.79. The second-order valence-electron chi connectivity index (χ2n) is 5.79. The summed E-state index contributed by atoms with van der Waals surface area (Å²) in [7, 11) is 0. The molecular weight excluding hydrogens is 278 g/mol. The molecule has 22 heavy (non-hydrogen) atoms. The van der Waals surface area contributed by atoms with E-state index >= 15 is 0 Å². The number of hydrogen-bond donors (Lipinski definition) is 0. The number of amides is 1. The quantitative estimate of drug-likeness (QED) is 0.874. The Morgan fingerprint density at radius 3 is 2.82 bits per heavy atom. The highest BCUT2D eigenvalue weighted by molar-refractivity contribution is 5.79. The van der Waals surface area contributed by atoms with Gasteiger partial charge in [-0.3, -0.25) is 4.79 Å². The fraction of sp³-hybridized carbons (Fsp3) is 0.471. The molecule has 116 valence electrons. The molecule has 0 aliphatic carbocycles. The van der Waals surface area contributed by atoms with E-state index < -0.39 is 0 Å². The van der Waals surface area contributed by atoms with E-state index in [1.54, 1.807) is 6.92 Å². The van der Waals surface area contributed by atoms with Crippen LogP contribution in [-0.4, -0.2) is 27.5 Å². The monoisotopic (exact) mass is 299 g/mol. The van der Waals surface area contributed by atoms with E-state index in [9.17, 15) is 4.79 Å². The molecular formula is C17H21N3O2. The number of rotatable bonds is 3. The molecule has 1 aliphatic heterocycles. The molecule has 0 radical (unpaired) electrons. The molecule has 1 fully saturated rings. The molecule has 1 aliphatic rings. The Hall–Kier alpha value is -2.17. The van der Waals surface area contributed by atoms with Crippen LogP contribution in [0.15, 0.2) is 34.9 Å². The highest BCUT2D eigenvalue weighted by Gasteiger charge is 2.30. The number of benzene rings is 1. The number of aromatic nitrogens is 2. The fourth-order valence-electron chi connectivity index (χ4n) is 2.98. The summed E-state index contributed by atoms with van der Waals surface area (Å²) in [6.07, 6.45) is 4.57. The van der Waals surface area contributed by atoms with Crippen LogP contribution in [0.25, 0.3) is 0 Å². The Bertz CT molecular complexity index is 624. The van der Waals surface area contributed by atoms with Crippen molar-refractivity contribution in [2.45, 2.75) is 45.1 Å². The van der Waals surface area contributed by atoms with Gasteiger partial charge in [0.1, 0.15) is 6.04 Å². The lowest BCUT2D eigenvalue weighted by molar-refractivity contribution is -0.133. The molecule has 0 saturated carbocycles. The van der Waals surface area contributed by atoms with Crippen LogP contribution < -0.4 is 0 Å². The van der Waals surface area contributed by atoms with Gasteiger partial charge in [-0.05, 0) is 25.3 Å². The highest BCUT2D eigenvalue weighted by atomic mass is 16.5. The third-order valence-corrected chi connectivity index (χ3v) is 4.10. The first-order valence-corrected chi connectivity index (χ1v) is 7.87. The van der Waals surface area contributed by atoms with E-state index in [-0.39, 0.29) is 11.9 Å². The topological polar surface area (TPSA) is 59.2 Å². The average molecular weight is 299 g/mol. The average Bonchev–Trinajstić information content (AvgIpc) is 2.81. The van der Waals surface area contributed by atoms with Crippen molar-refractivity contribution in [3.05, 3.63) is 47.6 Å². The molecule has 1 unspecified atom stereocenters. The molecule has 2 aromatic rings. The van der Waals surface area contributed by atoms with Crippen molar-refractivity contribution in [2.75, 3.05) is 6.54 Å². The van der Waals surface area contributed by atoms with Crippen molar-refractivity contribution in [3.63, 3.8) is 0 Å². The summed E-state index contributed by atoms with van der Waals surface area (Å²) < 4.78 is 5.33. The van der Waals surface area contributed by atoms with Gasteiger partial charge in [0.05, 0.1) is 6.42 Å². The summed E-state index contributed by atoms with van der Waals surface area (Å²) in [5.41, 5.74) is 1.04. The molecule has 1 saturated heterocycles. The number of nitrogens with zero attached hydrogens (tertiary/aromatic N) is 3. The van der Waals surface area contributed by atoms with Crippen molar-refractivity contribution in [2.24, 2.45) is 0 Å². The molecule has 3 rings (SSSR count). The van der Waals surface area contributed by atoms with Crippen LogP contribution in [0.2, 0.25) is 0 Å². The third kappa shape index (κ3) is 3.35. The third-order valence-electron chi connectivity index (χ3n) is 4.10. The first-order valence-electron chi connectivity index (χ1n) is 7.87. The van der Waals surface area contributed by atoms with Crippen molar-refractivity contribution >= 4 is 5.91 Å². The van der Waals surface area contributed by atoms with Gasteiger partial charge >= 0.3 is 0 Å². The summed E-state index contributed by atoms with van der Waals surface area (Å²) in [5, 5.41) is 3.88. The van der Waals surface area contributed by atoms with Crippen LogP contribution in [-0.2, 0) is 11.2 Å². The molecule has 5 nitrogen and oxygen atoms in total. The zero-order valence-electron chi connectivity index (χ0n) is 12.9. The maximum absolute atomic E-state index is 12.7. The minimum Gasteiger partial charge on any atom is -0.337 e. The van der Waals surface area contributed by atoms with E-state index in [2.05, 4.69) is 10.1 Å². The van der Waals surface area contributed by atoms with Gasteiger partial charge in [0.15, 0.2) is 5.82 Å². The van der Waals surface area contributed by atoms with Crippen LogP contribution in [0, 0.1) is 6.92 Å². The Morgan fingerprint density at radius 2 is 2.09 bits per heavy atom. The molecule has 1 aromatic carbocycles. The van der Waals surface area contributed by atoms with E-state index in [0.29, 0.717) is 18.1 Å². The number of aryl methyl sites for hydroxylation is 1. The number of likely N-dealkylation sites (tertiary alicyclic amines) is 1. The zero-order chi connectivity index (χ0) is 15.4. The van der Waals surface area contributed by atoms with E-state index in [1.807, 2.05) is 35.2 Å². The van der Waals surface area contributed by atoms with Gasteiger partial charge in [0.25, 0.3) is 0 Å². The van der Waals surface area contributed by atoms with Crippen molar-refractivity contribution in [3.8, 4) is 0 Å². The highest BCUT2D eigenvalue weighted by Crippen LogP contribution is 2.29. The van der Waals surface area contributed by atoms with E-state index in [4.69, 9.17) is 4.52 Å². The zero-order valence-corrected chi connectivity index (χ0v) is 12.9. The summed E-state index contributed by atoms with van der Waals surface area (Å²) in [4.78, 5) is 19.0. The van der Waals surface area contributed by atoms with Crippen LogP contribution in [0.4, 0.5) is 0 Å². The maximum Gasteiger partial charge on any atom is 0.249 e. The van der Waals surface area contributed by atoms with Gasteiger partial charge < -0.3 is 9.42 Å². The van der Waals surface area contributed by atoms with Gasteiger partial charge in [-0.15, -0.1) is 0 Å². The van der Waals surface area contributed by atoms with E-state index in [1.165, 1.54) is 0 Å². The minimum atomic E-state index is -0.0834. The Labute approximate surface area is 130 Å². The second kappa shape index (κ2) is 6.73. The van der Waals surface area contributed by atoms with Gasteiger partial charge in [-0.2, -0.15) is 4.98 Å². The van der Waals surface area contributed by atoms with Crippen molar-refractivity contribution < 1.29 is 9.32 Å². The Morgan fingerprint density at radius 1 is 1.27 bits per heavy atom. The number of hydrogen-bond acceptors (Lipinski definition) is 4. The summed E-state index contributed by atoms with van der Waals surface area (Å²) in [5.74, 6) is 1.32. The van der Waals surface area contributed by atoms with Gasteiger partial charge in [-0.25, -0.2) is 0 Å². The molecule has 1 aromatic heterocycles. The van der Waals surface area contributed by atoms with E-state index in [0.717, 1.165) is 37.8 Å². The molecule has 1 amide bonds. The summed E-state index contributed by atoms with van der Waals surface area (Å²) >= 11 is 0. The first-order chi connectivity index (χ1) is 10.7. The number of carbonyl (C=O) groups is 1. The van der Waals surface area contributed by atoms with Crippen molar-refractivity contribution in [1.82, 2.24) is 15.0 Å². The SMILES string of the molecule is Cc1noc(C2CCCCCN2C(=O)Cc2ccccc2)n1. The lowest BCUT2D eigenvalue weighted by atomic mass is 10.1. The van der Waals surface area contributed by atoms with Crippen molar-refractivity contribution in [1.29, 1.82) is 0 Å². The predicted molar refractivity (Wildman–Crippen MR) is 82.1 cm³/mol. The van der Waals surface area contributed by atoms with Crippen LogP contribution in [0.5, 0.6) is 0 Å². The van der Waals surface area contributed by atoms with Gasteiger partial charge in [0.2, 0.25) is 11.8 Å². The minimum absolute atomic E-state index is 0.0834. The fourth-order valence-corrected chi connectivity index (χ4v) is 2.98. The molecule has 2 heterocycles. The molecule has 0 N–H and O–H groups in total. The predicted octanol–water partition coefficient (Wildman–Crippen LogP) is 3.06. The largest absolute Gasteiger partial charge is 0.337 e. The summed E-state index contributed by atoms with van der Waals surface area (Å²) in [6, 6.07) is 9.78. The standard InChI is InChI=1S/C17H21N3O2/c1-13-18-17(22-19-13)15-10-6-3-7-11-20(15)16(21)12-14-8-4-2-5-9-14/h2,4-5,8-9,15H,3,6-7,10-12H2,1H3. The molecule has 0 bridgehead atoms.